The lowest BCUT2D eigenvalue weighted by Crippen LogP contribution is -2.04. The second kappa shape index (κ2) is 8.68. The summed E-state index contributed by atoms with van der Waals surface area (Å²) in [7, 11) is 0. The maximum absolute atomic E-state index is 12.0. The Hall–Kier alpha value is -3.53. The summed E-state index contributed by atoms with van der Waals surface area (Å²) in [6, 6.07) is 20.3. The zero-order valence-corrected chi connectivity index (χ0v) is 18.2. The van der Waals surface area contributed by atoms with Gasteiger partial charge in [-0.25, -0.2) is 4.79 Å². The Morgan fingerprint density at radius 2 is 1.68 bits per heavy atom. The Kier molecular flexibility index (Phi) is 5.81. The number of carbonyl (C=O) groups is 1. The van der Waals surface area contributed by atoms with Crippen LogP contribution < -0.4 is 4.74 Å². The Morgan fingerprint density at radius 1 is 0.903 bits per heavy atom. The van der Waals surface area contributed by atoms with Gasteiger partial charge in [0.05, 0.1) is 12.1 Å². The molecule has 2 N–H and O–H groups in total. The standard InChI is InChI=1S/C27H27NO3/c1-17-13-14-20(16-19(17)3)31-15-7-12-24-23-11-6-10-22(21-9-5-4-8-18(21)2)25(23)28-26(24)27(29)30/h4-6,8-11,13-14,16,28H,7,12,15H2,1-3H3,(H,29,30). The first-order chi connectivity index (χ1) is 15.0. The number of aromatic carboxylic acids is 1. The highest BCUT2D eigenvalue weighted by atomic mass is 16.5. The summed E-state index contributed by atoms with van der Waals surface area (Å²) in [4.78, 5) is 15.2. The van der Waals surface area contributed by atoms with Crippen molar-refractivity contribution in [2.45, 2.75) is 33.6 Å². The van der Waals surface area contributed by atoms with Gasteiger partial charge in [-0.2, -0.15) is 0 Å². The molecule has 0 saturated carbocycles. The smallest absolute Gasteiger partial charge is 0.352 e. The van der Waals surface area contributed by atoms with E-state index < -0.39 is 5.97 Å². The number of aryl methyl sites for hydroxylation is 4. The van der Waals surface area contributed by atoms with Gasteiger partial charge >= 0.3 is 5.97 Å². The second-order valence-electron chi connectivity index (χ2n) is 8.02. The number of benzene rings is 3. The zero-order valence-electron chi connectivity index (χ0n) is 18.2. The molecule has 0 bridgehead atoms. The molecule has 158 valence electrons. The maximum Gasteiger partial charge on any atom is 0.352 e. The average Bonchev–Trinajstić information content (AvgIpc) is 3.13. The molecule has 0 aliphatic heterocycles. The molecule has 1 heterocycles. The largest absolute Gasteiger partial charge is 0.494 e. The molecule has 0 spiro atoms. The van der Waals surface area contributed by atoms with E-state index in [4.69, 9.17) is 4.74 Å². The van der Waals surface area contributed by atoms with Gasteiger partial charge in [0, 0.05) is 10.9 Å². The van der Waals surface area contributed by atoms with Crippen molar-refractivity contribution in [3.63, 3.8) is 0 Å². The van der Waals surface area contributed by atoms with Gasteiger partial charge in [0.15, 0.2) is 0 Å². The summed E-state index contributed by atoms with van der Waals surface area (Å²) in [5, 5.41) is 10.8. The van der Waals surface area contributed by atoms with E-state index in [-0.39, 0.29) is 5.69 Å². The molecule has 0 unspecified atom stereocenters. The van der Waals surface area contributed by atoms with Gasteiger partial charge in [0.25, 0.3) is 0 Å². The van der Waals surface area contributed by atoms with Gasteiger partial charge in [-0.3, -0.25) is 0 Å². The van der Waals surface area contributed by atoms with Crippen LogP contribution in [0.4, 0.5) is 0 Å². The molecule has 0 atom stereocenters. The Morgan fingerprint density at radius 3 is 2.42 bits per heavy atom. The fourth-order valence-corrected chi connectivity index (χ4v) is 4.06. The molecular weight excluding hydrogens is 386 g/mol. The SMILES string of the molecule is Cc1ccc(OCCCc2c(C(=O)O)[nH]c3c(-c4ccccc4C)cccc23)cc1C. The number of carboxylic acids is 1. The lowest BCUT2D eigenvalue weighted by molar-refractivity contribution is 0.0690. The van der Waals surface area contributed by atoms with Crippen LogP contribution in [0.3, 0.4) is 0 Å². The molecule has 31 heavy (non-hydrogen) atoms. The van der Waals surface area contributed by atoms with E-state index in [1.54, 1.807) is 0 Å². The van der Waals surface area contributed by atoms with Crippen molar-refractivity contribution in [3.05, 3.63) is 88.6 Å². The quantitative estimate of drug-likeness (QED) is 0.341. The monoisotopic (exact) mass is 413 g/mol. The minimum absolute atomic E-state index is 0.266. The van der Waals surface area contributed by atoms with Crippen molar-refractivity contribution < 1.29 is 14.6 Å². The number of carboxylic acid groups (broad SMARTS) is 1. The number of H-pyrrole nitrogens is 1. The average molecular weight is 414 g/mol. The minimum Gasteiger partial charge on any atom is -0.494 e. The molecule has 4 rings (SSSR count). The van der Waals surface area contributed by atoms with Crippen molar-refractivity contribution >= 4 is 16.9 Å². The van der Waals surface area contributed by atoms with Crippen LogP contribution in [-0.4, -0.2) is 22.7 Å². The van der Waals surface area contributed by atoms with E-state index in [2.05, 4.69) is 44.0 Å². The molecule has 3 aromatic carbocycles. The zero-order chi connectivity index (χ0) is 22.0. The highest BCUT2D eigenvalue weighted by molar-refractivity contribution is 6.03. The second-order valence-corrected chi connectivity index (χ2v) is 8.02. The topological polar surface area (TPSA) is 62.3 Å². The fraction of sp³-hybridized carbons (Fsp3) is 0.222. The van der Waals surface area contributed by atoms with Crippen LogP contribution in [0, 0.1) is 20.8 Å². The number of aromatic amines is 1. The summed E-state index contributed by atoms with van der Waals surface area (Å²) in [6.45, 7) is 6.75. The first kappa shape index (κ1) is 20.7. The molecule has 4 aromatic rings. The van der Waals surface area contributed by atoms with E-state index in [9.17, 15) is 9.90 Å². The van der Waals surface area contributed by atoms with Crippen molar-refractivity contribution in [1.29, 1.82) is 0 Å². The molecule has 1 aromatic heterocycles. The van der Waals surface area contributed by atoms with Crippen LogP contribution in [0.15, 0.2) is 60.7 Å². The number of aromatic nitrogens is 1. The van der Waals surface area contributed by atoms with Crippen molar-refractivity contribution in [2.75, 3.05) is 6.61 Å². The molecule has 0 fully saturated rings. The molecule has 0 aliphatic rings. The third-order valence-corrected chi connectivity index (χ3v) is 5.91. The maximum atomic E-state index is 12.0. The molecule has 0 amide bonds. The molecule has 0 radical (unpaired) electrons. The van der Waals surface area contributed by atoms with Crippen LogP contribution in [0.2, 0.25) is 0 Å². The lowest BCUT2D eigenvalue weighted by atomic mass is 9.97. The van der Waals surface area contributed by atoms with Crippen LogP contribution in [0.25, 0.3) is 22.0 Å². The van der Waals surface area contributed by atoms with Crippen LogP contribution in [-0.2, 0) is 6.42 Å². The van der Waals surface area contributed by atoms with Gasteiger partial charge in [0.1, 0.15) is 11.4 Å². The number of rotatable bonds is 7. The molecule has 4 nitrogen and oxygen atoms in total. The van der Waals surface area contributed by atoms with Gasteiger partial charge in [-0.1, -0.05) is 48.5 Å². The van der Waals surface area contributed by atoms with Gasteiger partial charge in [0.2, 0.25) is 0 Å². The van der Waals surface area contributed by atoms with E-state index >= 15 is 0 Å². The normalized spacial score (nSPS) is 11.1. The molecule has 0 aliphatic carbocycles. The van der Waals surface area contributed by atoms with E-state index in [1.165, 1.54) is 11.1 Å². The Bertz CT molecular complexity index is 1250. The van der Waals surface area contributed by atoms with E-state index in [1.807, 2.05) is 42.5 Å². The van der Waals surface area contributed by atoms with Gasteiger partial charge in [-0.15, -0.1) is 0 Å². The summed E-state index contributed by atoms with van der Waals surface area (Å²) < 4.78 is 5.90. The first-order valence-corrected chi connectivity index (χ1v) is 10.6. The predicted molar refractivity (Wildman–Crippen MR) is 125 cm³/mol. The van der Waals surface area contributed by atoms with Crippen LogP contribution in [0.1, 0.15) is 39.2 Å². The number of hydrogen-bond acceptors (Lipinski definition) is 2. The van der Waals surface area contributed by atoms with Crippen molar-refractivity contribution in [3.8, 4) is 16.9 Å². The fourth-order valence-electron chi connectivity index (χ4n) is 4.06. The summed E-state index contributed by atoms with van der Waals surface area (Å²) >= 11 is 0. The summed E-state index contributed by atoms with van der Waals surface area (Å²) in [5.74, 6) is -0.0839. The van der Waals surface area contributed by atoms with Crippen molar-refractivity contribution in [1.82, 2.24) is 4.98 Å². The third-order valence-electron chi connectivity index (χ3n) is 5.91. The number of ether oxygens (including phenoxy) is 1. The summed E-state index contributed by atoms with van der Waals surface area (Å²) in [5.41, 5.74) is 7.70. The highest BCUT2D eigenvalue weighted by Gasteiger charge is 2.19. The van der Waals surface area contributed by atoms with Gasteiger partial charge < -0.3 is 14.8 Å². The molecule has 0 saturated heterocycles. The third kappa shape index (κ3) is 4.19. The predicted octanol–water partition coefficient (Wildman–Crippen LogP) is 6.47. The number of hydrogen-bond donors (Lipinski definition) is 2. The van der Waals surface area contributed by atoms with Crippen molar-refractivity contribution in [2.24, 2.45) is 0 Å². The van der Waals surface area contributed by atoms with Crippen LogP contribution >= 0.6 is 0 Å². The number of para-hydroxylation sites is 1. The van der Waals surface area contributed by atoms with E-state index in [0.29, 0.717) is 13.0 Å². The minimum atomic E-state index is -0.933. The van der Waals surface area contributed by atoms with E-state index in [0.717, 1.165) is 45.3 Å². The highest BCUT2D eigenvalue weighted by Crippen LogP contribution is 2.34. The van der Waals surface area contributed by atoms with Gasteiger partial charge in [-0.05, 0) is 73.6 Å². The first-order valence-electron chi connectivity index (χ1n) is 10.6. The number of fused-ring (bicyclic) bond motifs is 1. The molecule has 4 heteroatoms. The molecular formula is C27H27NO3. The summed E-state index contributed by atoms with van der Waals surface area (Å²) in [6.07, 6.45) is 1.36. The van der Waals surface area contributed by atoms with Crippen LogP contribution in [0.5, 0.6) is 5.75 Å². The lowest BCUT2D eigenvalue weighted by Gasteiger charge is -2.09. The Balaban J connectivity index is 1.60. The Labute approximate surface area is 182 Å². The number of nitrogens with one attached hydrogen (secondary N) is 1.